The second-order valence-corrected chi connectivity index (χ2v) is 8.58. The maximum absolute atomic E-state index is 13.0. The van der Waals surface area contributed by atoms with Gasteiger partial charge in [-0.05, 0) is 50.5 Å². The number of hydrogen-bond acceptors (Lipinski definition) is 6. The van der Waals surface area contributed by atoms with Crippen LogP contribution in [0.2, 0.25) is 0 Å². The highest BCUT2D eigenvalue weighted by atomic mass is 16.4. The molecule has 1 amide bonds. The van der Waals surface area contributed by atoms with Crippen molar-refractivity contribution in [3.8, 4) is 0 Å². The Balaban J connectivity index is 1.76. The van der Waals surface area contributed by atoms with Crippen molar-refractivity contribution in [2.24, 2.45) is 11.7 Å². The lowest BCUT2D eigenvalue weighted by molar-refractivity contribution is -0.122. The molecular weight excluding hydrogens is 422 g/mol. The number of piperidine rings is 1. The molecule has 0 spiro atoms. The van der Waals surface area contributed by atoms with E-state index in [9.17, 15) is 19.5 Å². The third kappa shape index (κ3) is 4.55. The van der Waals surface area contributed by atoms with Crippen molar-refractivity contribution in [3.63, 3.8) is 0 Å². The summed E-state index contributed by atoms with van der Waals surface area (Å²) in [6, 6.07) is 11.5. The van der Waals surface area contributed by atoms with Crippen molar-refractivity contribution in [3.05, 3.63) is 69.4 Å². The first-order valence-corrected chi connectivity index (χ1v) is 11.0. The molecule has 1 saturated heterocycles. The first-order chi connectivity index (χ1) is 15.7. The second kappa shape index (κ2) is 8.97. The molecule has 1 aliphatic heterocycles. The fourth-order valence-corrected chi connectivity index (χ4v) is 4.42. The molecule has 1 fully saturated rings. The minimum absolute atomic E-state index is 0.161. The van der Waals surface area contributed by atoms with Gasteiger partial charge in [0.05, 0.1) is 22.9 Å². The van der Waals surface area contributed by atoms with Gasteiger partial charge in [-0.1, -0.05) is 18.2 Å². The minimum Gasteiger partial charge on any atom is -0.478 e. The zero-order valence-electron chi connectivity index (χ0n) is 18.6. The summed E-state index contributed by atoms with van der Waals surface area (Å²) in [5.41, 5.74) is 8.05. The Morgan fingerprint density at radius 3 is 2.73 bits per heavy atom. The Bertz CT molecular complexity index is 1280. The van der Waals surface area contributed by atoms with Crippen molar-refractivity contribution in [2.75, 3.05) is 23.3 Å². The fourth-order valence-electron chi connectivity index (χ4n) is 4.42. The van der Waals surface area contributed by atoms with E-state index in [0.717, 1.165) is 24.0 Å². The van der Waals surface area contributed by atoms with Gasteiger partial charge in [0, 0.05) is 30.4 Å². The number of anilines is 2. The fraction of sp³-hybridized carbons (Fsp3) is 0.320. The van der Waals surface area contributed by atoms with Crippen LogP contribution in [-0.2, 0) is 4.79 Å². The highest BCUT2D eigenvalue weighted by Gasteiger charge is 2.26. The van der Waals surface area contributed by atoms with Crippen LogP contribution in [0.25, 0.3) is 11.0 Å². The first kappa shape index (κ1) is 22.4. The largest absolute Gasteiger partial charge is 0.478 e. The summed E-state index contributed by atoms with van der Waals surface area (Å²) in [7, 11) is 0. The van der Waals surface area contributed by atoms with Crippen LogP contribution < -0.4 is 21.4 Å². The van der Waals surface area contributed by atoms with E-state index in [0.29, 0.717) is 35.6 Å². The average Bonchev–Trinajstić information content (AvgIpc) is 2.79. The number of nitrogens with two attached hydrogens (primary N) is 1. The summed E-state index contributed by atoms with van der Waals surface area (Å²) in [4.78, 5) is 38.2. The number of benzene rings is 2. The molecule has 2 atom stereocenters. The highest BCUT2D eigenvalue weighted by Crippen LogP contribution is 2.32. The number of primary amides is 1. The average molecular weight is 450 g/mol. The lowest BCUT2D eigenvalue weighted by Gasteiger charge is -2.31. The van der Waals surface area contributed by atoms with E-state index in [1.54, 1.807) is 24.3 Å². The number of carbonyl (C=O) groups excluding carboxylic acids is 1. The van der Waals surface area contributed by atoms with Crippen molar-refractivity contribution in [1.29, 1.82) is 0 Å². The number of carbonyl (C=O) groups is 2. The van der Waals surface area contributed by atoms with E-state index in [2.05, 4.69) is 5.32 Å². The minimum atomic E-state index is -1.03. The Morgan fingerprint density at radius 1 is 1.24 bits per heavy atom. The number of aryl methyl sites for hydroxylation is 1. The molecule has 1 aliphatic rings. The second-order valence-electron chi connectivity index (χ2n) is 8.58. The van der Waals surface area contributed by atoms with Crippen LogP contribution in [0, 0.1) is 12.8 Å². The molecule has 33 heavy (non-hydrogen) atoms. The van der Waals surface area contributed by atoms with Gasteiger partial charge in [0.2, 0.25) is 5.91 Å². The number of carboxylic acids is 1. The third-order valence-electron chi connectivity index (χ3n) is 6.12. The smallest absolute Gasteiger partial charge is 0.337 e. The molecule has 0 aliphatic carbocycles. The molecule has 172 valence electrons. The van der Waals surface area contributed by atoms with E-state index in [-0.39, 0.29) is 28.9 Å². The summed E-state index contributed by atoms with van der Waals surface area (Å²) in [6.45, 7) is 4.86. The molecule has 4 rings (SSSR count). The molecule has 2 unspecified atom stereocenters. The molecule has 8 heteroatoms. The van der Waals surface area contributed by atoms with Crippen molar-refractivity contribution < 1.29 is 19.1 Å². The summed E-state index contributed by atoms with van der Waals surface area (Å²) in [5.74, 6) is -1.26. The normalized spacial score (nSPS) is 17.0. The molecule has 2 aromatic carbocycles. The number of carboxylic acid groups (broad SMARTS) is 1. The Hall–Kier alpha value is -3.81. The van der Waals surface area contributed by atoms with Crippen LogP contribution in [0.5, 0.6) is 0 Å². The molecule has 0 bridgehead atoms. The van der Waals surface area contributed by atoms with Crippen molar-refractivity contribution in [1.82, 2.24) is 0 Å². The predicted octanol–water partition coefficient (Wildman–Crippen LogP) is 3.67. The van der Waals surface area contributed by atoms with Gasteiger partial charge in [0.25, 0.3) is 0 Å². The van der Waals surface area contributed by atoms with Gasteiger partial charge >= 0.3 is 5.97 Å². The zero-order valence-corrected chi connectivity index (χ0v) is 18.6. The molecular formula is C25H27N3O5. The van der Waals surface area contributed by atoms with Gasteiger partial charge in [-0.3, -0.25) is 9.59 Å². The van der Waals surface area contributed by atoms with E-state index in [1.807, 2.05) is 24.8 Å². The van der Waals surface area contributed by atoms with Crippen LogP contribution in [0.4, 0.5) is 11.6 Å². The van der Waals surface area contributed by atoms with Gasteiger partial charge in [0.1, 0.15) is 5.58 Å². The van der Waals surface area contributed by atoms with Gasteiger partial charge in [-0.2, -0.15) is 0 Å². The quantitative estimate of drug-likeness (QED) is 0.524. The first-order valence-electron chi connectivity index (χ1n) is 11.0. The van der Waals surface area contributed by atoms with Gasteiger partial charge in [-0.25, -0.2) is 4.79 Å². The maximum atomic E-state index is 13.0. The third-order valence-corrected chi connectivity index (χ3v) is 6.12. The summed E-state index contributed by atoms with van der Waals surface area (Å²) in [6.07, 6.45) is 1.50. The number of para-hydroxylation sites is 1. The van der Waals surface area contributed by atoms with Crippen LogP contribution in [0.3, 0.4) is 0 Å². The zero-order chi connectivity index (χ0) is 23.7. The van der Waals surface area contributed by atoms with E-state index >= 15 is 0 Å². The van der Waals surface area contributed by atoms with Gasteiger partial charge in [-0.15, -0.1) is 0 Å². The number of hydrogen-bond donors (Lipinski definition) is 3. The SMILES string of the molecule is Cc1cc(C(C)Nc2ccccc2C(=O)O)c2oc(N3CCCC(C(N)=O)C3)cc(=O)c2c1. The predicted molar refractivity (Wildman–Crippen MR) is 127 cm³/mol. The van der Waals surface area contributed by atoms with Crippen LogP contribution >= 0.6 is 0 Å². The standard InChI is InChI=1S/C25H27N3O5/c1-14-10-18(15(2)27-20-8-4-3-7-17(20)25(31)32)23-19(11-14)21(29)12-22(33-23)28-9-5-6-16(13-28)24(26)30/h3-4,7-8,10-12,15-16,27H,5-6,9,13H2,1-2H3,(H2,26,30)(H,31,32). The Morgan fingerprint density at radius 2 is 2.00 bits per heavy atom. The summed E-state index contributed by atoms with van der Waals surface area (Å²) < 4.78 is 6.25. The number of fused-ring (bicyclic) bond motifs is 1. The summed E-state index contributed by atoms with van der Waals surface area (Å²) >= 11 is 0. The highest BCUT2D eigenvalue weighted by molar-refractivity contribution is 5.94. The molecule has 1 aromatic heterocycles. The lowest BCUT2D eigenvalue weighted by atomic mass is 9.97. The summed E-state index contributed by atoms with van der Waals surface area (Å²) in [5, 5.41) is 13.2. The molecule has 8 nitrogen and oxygen atoms in total. The lowest BCUT2D eigenvalue weighted by Crippen LogP contribution is -2.41. The molecule has 3 aromatic rings. The monoisotopic (exact) mass is 449 g/mol. The van der Waals surface area contributed by atoms with Crippen LogP contribution in [0.1, 0.15) is 47.3 Å². The number of rotatable bonds is 6. The molecule has 0 saturated carbocycles. The van der Waals surface area contributed by atoms with Crippen LogP contribution in [-0.4, -0.2) is 30.1 Å². The van der Waals surface area contributed by atoms with Crippen molar-refractivity contribution in [2.45, 2.75) is 32.7 Å². The van der Waals surface area contributed by atoms with Crippen LogP contribution in [0.15, 0.2) is 51.7 Å². The molecule has 4 N–H and O–H groups in total. The van der Waals surface area contributed by atoms with E-state index < -0.39 is 5.97 Å². The Labute approximate surface area is 191 Å². The van der Waals surface area contributed by atoms with Gasteiger partial charge in [0.15, 0.2) is 11.3 Å². The number of aromatic carboxylic acids is 1. The van der Waals surface area contributed by atoms with E-state index in [1.165, 1.54) is 12.1 Å². The molecule has 2 heterocycles. The number of amides is 1. The maximum Gasteiger partial charge on any atom is 0.337 e. The topological polar surface area (TPSA) is 126 Å². The number of nitrogens with zero attached hydrogens (tertiary/aromatic N) is 1. The molecule has 0 radical (unpaired) electrons. The van der Waals surface area contributed by atoms with Crippen molar-refractivity contribution >= 4 is 34.4 Å². The Kier molecular flexibility index (Phi) is 6.09. The van der Waals surface area contributed by atoms with Gasteiger partial charge < -0.3 is 25.5 Å². The number of nitrogens with one attached hydrogen (secondary N) is 1. The van der Waals surface area contributed by atoms with E-state index in [4.69, 9.17) is 10.2 Å².